The van der Waals surface area contributed by atoms with Gasteiger partial charge in [-0.15, -0.1) is 0 Å². The fourth-order valence-corrected chi connectivity index (χ4v) is 3.67. The van der Waals surface area contributed by atoms with Crippen molar-refractivity contribution in [3.8, 4) is 0 Å². The van der Waals surface area contributed by atoms with Crippen molar-refractivity contribution in [2.75, 3.05) is 0 Å². The maximum Gasteiger partial charge on any atom is 0.241 e. The molecule has 4 nitrogen and oxygen atoms in total. The van der Waals surface area contributed by atoms with E-state index in [9.17, 15) is 8.42 Å². The van der Waals surface area contributed by atoms with Gasteiger partial charge >= 0.3 is 0 Å². The van der Waals surface area contributed by atoms with Crippen LogP contribution in [0.5, 0.6) is 0 Å². The molecular formula is C13H13Cl2NO3S. The maximum absolute atomic E-state index is 12.3. The molecule has 0 radical (unpaired) electrons. The number of benzene rings is 1. The number of halogens is 2. The van der Waals surface area contributed by atoms with Crippen molar-refractivity contribution in [2.24, 2.45) is 0 Å². The Hall–Kier alpha value is -1.01. The molecule has 0 aliphatic rings. The summed E-state index contributed by atoms with van der Waals surface area (Å²) in [5.41, 5.74) is 0. The Morgan fingerprint density at radius 1 is 1.15 bits per heavy atom. The molecular weight excluding hydrogens is 321 g/mol. The van der Waals surface area contributed by atoms with Crippen LogP contribution < -0.4 is 4.72 Å². The van der Waals surface area contributed by atoms with Gasteiger partial charge in [0.2, 0.25) is 10.0 Å². The predicted octanol–water partition coefficient (Wildman–Crippen LogP) is 3.93. The highest BCUT2D eigenvalue weighted by Crippen LogP contribution is 2.24. The van der Waals surface area contributed by atoms with Gasteiger partial charge in [-0.1, -0.05) is 23.2 Å². The summed E-state index contributed by atoms with van der Waals surface area (Å²) in [5.74, 6) is 1.26. The molecule has 1 unspecified atom stereocenters. The molecule has 1 aromatic heterocycles. The Bertz CT molecular complexity index is 705. The molecule has 1 N–H and O–H groups in total. The Morgan fingerprint density at radius 3 is 2.25 bits per heavy atom. The van der Waals surface area contributed by atoms with E-state index in [1.165, 1.54) is 18.2 Å². The third-order valence-electron chi connectivity index (χ3n) is 2.67. The zero-order chi connectivity index (χ0) is 14.9. The Balaban J connectivity index is 2.27. The predicted molar refractivity (Wildman–Crippen MR) is 78.6 cm³/mol. The lowest BCUT2D eigenvalue weighted by Crippen LogP contribution is -2.26. The minimum Gasteiger partial charge on any atom is -0.465 e. The molecule has 7 heteroatoms. The van der Waals surface area contributed by atoms with Crippen molar-refractivity contribution in [1.29, 1.82) is 0 Å². The van der Waals surface area contributed by atoms with E-state index < -0.39 is 16.1 Å². The summed E-state index contributed by atoms with van der Waals surface area (Å²) in [5, 5.41) is 0.527. The van der Waals surface area contributed by atoms with Crippen molar-refractivity contribution in [3.63, 3.8) is 0 Å². The summed E-state index contributed by atoms with van der Waals surface area (Å²) >= 11 is 11.6. The second-order valence-corrected chi connectivity index (χ2v) is 6.98. The van der Waals surface area contributed by atoms with Crippen LogP contribution in [0.25, 0.3) is 0 Å². The number of sulfonamides is 1. The number of rotatable bonds is 4. The quantitative estimate of drug-likeness (QED) is 0.921. The molecule has 108 valence electrons. The largest absolute Gasteiger partial charge is 0.465 e. The van der Waals surface area contributed by atoms with Crippen molar-refractivity contribution in [2.45, 2.75) is 24.8 Å². The number of furan rings is 1. The minimum atomic E-state index is -3.72. The molecule has 1 heterocycles. The van der Waals surface area contributed by atoms with E-state index in [1.807, 2.05) is 0 Å². The third kappa shape index (κ3) is 3.55. The highest BCUT2D eigenvalue weighted by molar-refractivity contribution is 7.89. The van der Waals surface area contributed by atoms with Crippen LogP contribution in [-0.2, 0) is 10.0 Å². The van der Waals surface area contributed by atoms with Crippen molar-refractivity contribution >= 4 is 33.2 Å². The molecule has 0 aliphatic carbocycles. The maximum atomic E-state index is 12.3. The molecule has 2 aromatic rings. The second kappa shape index (κ2) is 5.77. The summed E-state index contributed by atoms with van der Waals surface area (Å²) in [4.78, 5) is 0.0186. The summed E-state index contributed by atoms with van der Waals surface area (Å²) < 4.78 is 32.4. The topological polar surface area (TPSA) is 59.3 Å². The van der Waals surface area contributed by atoms with Crippen LogP contribution in [0.3, 0.4) is 0 Å². The first-order valence-electron chi connectivity index (χ1n) is 5.83. The van der Waals surface area contributed by atoms with Crippen molar-refractivity contribution in [1.82, 2.24) is 4.72 Å². The van der Waals surface area contributed by atoms with Gasteiger partial charge in [0.1, 0.15) is 11.5 Å². The van der Waals surface area contributed by atoms with E-state index in [-0.39, 0.29) is 14.9 Å². The Labute approximate surface area is 127 Å². The number of aryl methyl sites for hydroxylation is 1. The fourth-order valence-electron chi connectivity index (χ4n) is 1.73. The summed E-state index contributed by atoms with van der Waals surface area (Å²) in [6, 6.07) is 7.17. The lowest BCUT2D eigenvalue weighted by Gasteiger charge is -2.12. The molecule has 0 aliphatic heterocycles. The molecule has 1 aromatic carbocycles. The Kier molecular flexibility index (Phi) is 4.44. The molecule has 0 saturated heterocycles. The van der Waals surface area contributed by atoms with E-state index in [1.54, 1.807) is 26.0 Å². The third-order valence-corrected chi connectivity index (χ3v) is 4.62. The highest BCUT2D eigenvalue weighted by atomic mass is 35.5. The molecule has 0 bridgehead atoms. The highest BCUT2D eigenvalue weighted by Gasteiger charge is 2.21. The van der Waals surface area contributed by atoms with Gasteiger partial charge in [0.05, 0.1) is 10.9 Å². The van der Waals surface area contributed by atoms with Crippen LogP contribution in [0.4, 0.5) is 0 Å². The standard InChI is InChI=1S/C13H13Cl2NO3S/c1-8-3-4-13(19-8)9(2)16-20(17,18)12-6-10(14)5-11(15)7-12/h3-7,9,16H,1-2H3. The lowest BCUT2D eigenvalue weighted by molar-refractivity contribution is 0.441. The first-order valence-corrected chi connectivity index (χ1v) is 8.06. The summed E-state index contributed by atoms with van der Waals surface area (Å²) in [6.07, 6.45) is 0. The van der Waals surface area contributed by atoms with E-state index in [0.717, 1.165) is 5.76 Å². The van der Waals surface area contributed by atoms with Crippen molar-refractivity contribution < 1.29 is 12.8 Å². The van der Waals surface area contributed by atoms with E-state index in [4.69, 9.17) is 27.6 Å². The first kappa shape index (κ1) is 15.4. The van der Waals surface area contributed by atoms with Gasteiger partial charge in [-0.3, -0.25) is 0 Å². The Morgan fingerprint density at radius 2 is 1.75 bits per heavy atom. The molecule has 0 fully saturated rings. The summed E-state index contributed by atoms with van der Waals surface area (Å²) in [6.45, 7) is 3.49. The smallest absolute Gasteiger partial charge is 0.241 e. The average molecular weight is 334 g/mol. The normalized spacial score (nSPS) is 13.4. The fraction of sp³-hybridized carbons (Fsp3) is 0.231. The average Bonchev–Trinajstić information content (AvgIpc) is 2.74. The van der Waals surface area contributed by atoms with Gasteiger partial charge in [0.15, 0.2) is 0 Å². The zero-order valence-corrected chi connectivity index (χ0v) is 13.2. The molecule has 0 saturated carbocycles. The van der Waals surface area contributed by atoms with Gasteiger partial charge in [-0.2, -0.15) is 0 Å². The van der Waals surface area contributed by atoms with Gasteiger partial charge in [-0.25, -0.2) is 13.1 Å². The van der Waals surface area contributed by atoms with Crippen LogP contribution in [0, 0.1) is 6.92 Å². The minimum absolute atomic E-state index is 0.0186. The molecule has 0 spiro atoms. The van der Waals surface area contributed by atoms with Crippen LogP contribution in [0.1, 0.15) is 24.5 Å². The van der Waals surface area contributed by atoms with Crippen LogP contribution >= 0.6 is 23.2 Å². The van der Waals surface area contributed by atoms with E-state index in [2.05, 4.69) is 4.72 Å². The zero-order valence-electron chi connectivity index (χ0n) is 10.9. The van der Waals surface area contributed by atoms with Crippen LogP contribution in [0.15, 0.2) is 39.6 Å². The van der Waals surface area contributed by atoms with Gasteiger partial charge in [0.25, 0.3) is 0 Å². The van der Waals surface area contributed by atoms with Gasteiger partial charge < -0.3 is 4.42 Å². The summed E-state index contributed by atoms with van der Waals surface area (Å²) in [7, 11) is -3.72. The van der Waals surface area contributed by atoms with Crippen LogP contribution in [0.2, 0.25) is 10.0 Å². The second-order valence-electron chi connectivity index (χ2n) is 4.40. The molecule has 0 amide bonds. The van der Waals surface area contributed by atoms with Gasteiger partial charge in [0, 0.05) is 10.0 Å². The first-order chi connectivity index (χ1) is 9.28. The number of nitrogens with one attached hydrogen (secondary N) is 1. The van der Waals surface area contributed by atoms with Gasteiger partial charge in [-0.05, 0) is 44.2 Å². The van der Waals surface area contributed by atoms with Crippen LogP contribution in [-0.4, -0.2) is 8.42 Å². The molecule has 2 rings (SSSR count). The molecule has 20 heavy (non-hydrogen) atoms. The lowest BCUT2D eigenvalue weighted by atomic mass is 10.3. The SMILES string of the molecule is Cc1ccc(C(C)NS(=O)(=O)c2cc(Cl)cc(Cl)c2)o1. The van der Waals surface area contributed by atoms with E-state index >= 15 is 0 Å². The number of hydrogen-bond donors (Lipinski definition) is 1. The monoisotopic (exact) mass is 333 g/mol. The number of hydrogen-bond acceptors (Lipinski definition) is 3. The van der Waals surface area contributed by atoms with Crippen molar-refractivity contribution in [3.05, 3.63) is 51.9 Å². The molecule has 1 atom stereocenters. The van der Waals surface area contributed by atoms with E-state index in [0.29, 0.717) is 5.76 Å².